The van der Waals surface area contributed by atoms with E-state index in [0.717, 1.165) is 29.1 Å². The minimum Gasteiger partial charge on any atom is -0.399 e. The Kier molecular flexibility index (Phi) is 6.34. The SMILES string of the molecule is CSCCc1ccc(NC(=O)CCc2ccccc2N)cc1. The topological polar surface area (TPSA) is 55.1 Å². The largest absolute Gasteiger partial charge is 0.399 e. The van der Waals surface area contributed by atoms with E-state index >= 15 is 0 Å². The first-order chi connectivity index (χ1) is 10.7. The Morgan fingerprint density at radius 2 is 1.82 bits per heavy atom. The Labute approximate surface area is 136 Å². The van der Waals surface area contributed by atoms with Gasteiger partial charge in [0.15, 0.2) is 0 Å². The third-order valence-electron chi connectivity index (χ3n) is 3.51. The van der Waals surface area contributed by atoms with Gasteiger partial charge in [-0.2, -0.15) is 11.8 Å². The summed E-state index contributed by atoms with van der Waals surface area (Å²) in [6.45, 7) is 0. The summed E-state index contributed by atoms with van der Waals surface area (Å²) in [6.07, 6.45) is 4.25. The molecule has 0 fully saturated rings. The number of carbonyl (C=O) groups is 1. The number of carbonyl (C=O) groups excluding carboxylic acids is 1. The van der Waals surface area contributed by atoms with Crippen LogP contribution in [0.4, 0.5) is 11.4 Å². The predicted octanol–water partition coefficient (Wildman–Crippen LogP) is 3.75. The lowest BCUT2D eigenvalue weighted by Crippen LogP contribution is -2.12. The maximum atomic E-state index is 12.0. The van der Waals surface area contributed by atoms with Crippen LogP contribution >= 0.6 is 11.8 Å². The second-order valence-electron chi connectivity index (χ2n) is 5.19. The monoisotopic (exact) mass is 314 g/mol. The summed E-state index contributed by atoms with van der Waals surface area (Å²) in [5.74, 6) is 1.13. The average Bonchev–Trinajstić information content (AvgIpc) is 2.53. The van der Waals surface area contributed by atoms with Crippen LogP contribution in [0.15, 0.2) is 48.5 Å². The Hall–Kier alpha value is -1.94. The number of nitrogens with one attached hydrogen (secondary N) is 1. The highest BCUT2D eigenvalue weighted by atomic mass is 32.2. The smallest absolute Gasteiger partial charge is 0.224 e. The third-order valence-corrected chi connectivity index (χ3v) is 4.12. The number of thioether (sulfide) groups is 1. The Balaban J connectivity index is 1.83. The lowest BCUT2D eigenvalue weighted by Gasteiger charge is -2.08. The molecule has 3 nitrogen and oxygen atoms in total. The number of benzene rings is 2. The number of anilines is 2. The summed E-state index contributed by atoms with van der Waals surface area (Å²) < 4.78 is 0. The molecule has 3 N–H and O–H groups in total. The maximum Gasteiger partial charge on any atom is 0.224 e. The van der Waals surface area contributed by atoms with E-state index in [2.05, 4.69) is 23.7 Å². The van der Waals surface area contributed by atoms with Crippen molar-refractivity contribution in [1.29, 1.82) is 0 Å². The Morgan fingerprint density at radius 1 is 1.09 bits per heavy atom. The molecule has 0 saturated heterocycles. The molecule has 116 valence electrons. The van der Waals surface area contributed by atoms with Gasteiger partial charge in [0.2, 0.25) is 5.91 Å². The quantitative estimate of drug-likeness (QED) is 0.765. The predicted molar refractivity (Wildman–Crippen MR) is 96.3 cm³/mol. The van der Waals surface area contributed by atoms with Crippen LogP contribution in [0, 0.1) is 0 Å². The van der Waals surface area contributed by atoms with Crippen LogP contribution in [0.25, 0.3) is 0 Å². The molecule has 0 heterocycles. The number of nitrogen functional groups attached to an aromatic ring is 1. The van der Waals surface area contributed by atoms with Crippen LogP contribution in [0.5, 0.6) is 0 Å². The van der Waals surface area contributed by atoms with E-state index in [4.69, 9.17) is 5.73 Å². The first-order valence-corrected chi connectivity index (χ1v) is 8.79. The van der Waals surface area contributed by atoms with E-state index in [-0.39, 0.29) is 5.91 Å². The molecule has 0 aliphatic heterocycles. The van der Waals surface area contributed by atoms with E-state index in [1.54, 1.807) is 0 Å². The molecule has 2 aromatic rings. The van der Waals surface area contributed by atoms with Crippen molar-refractivity contribution in [3.05, 3.63) is 59.7 Å². The zero-order chi connectivity index (χ0) is 15.8. The molecule has 1 amide bonds. The fourth-order valence-corrected chi connectivity index (χ4v) is 2.65. The maximum absolute atomic E-state index is 12.0. The highest BCUT2D eigenvalue weighted by Gasteiger charge is 2.05. The van der Waals surface area contributed by atoms with Crippen molar-refractivity contribution in [2.24, 2.45) is 0 Å². The van der Waals surface area contributed by atoms with Gasteiger partial charge in [0, 0.05) is 17.8 Å². The molecule has 4 heteroatoms. The zero-order valence-electron chi connectivity index (χ0n) is 12.8. The van der Waals surface area contributed by atoms with Crippen molar-refractivity contribution in [3.63, 3.8) is 0 Å². The van der Waals surface area contributed by atoms with E-state index in [1.165, 1.54) is 5.56 Å². The molecular weight excluding hydrogens is 292 g/mol. The number of hydrogen-bond donors (Lipinski definition) is 2. The van der Waals surface area contributed by atoms with Gasteiger partial charge in [0.05, 0.1) is 0 Å². The Bertz CT molecular complexity index is 611. The van der Waals surface area contributed by atoms with Crippen molar-refractivity contribution < 1.29 is 4.79 Å². The van der Waals surface area contributed by atoms with Crippen molar-refractivity contribution in [2.75, 3.05) is 23.1 Å². The summed E-state index contributed by atoms with van der Waals surface area (Å²) in [6, 6.07) is 15.7. The van der Waals surface area contributed by atoms with Gasteiger partial charge in [0.25, 0.3) is 0 Å². The van der Waals surface area contributed by atoms with Gasteiger partial charge in [-0.1, -0.05) is 30.3 Å². The van der Waals surface area contributed by atoms with E-state index < -0.39 is 0 Å². The number of hydrogen-bond acceptors (Lipinski definition) is 3. The van der Waals surface area contributed by atoms with E-state index in [9.17, 15) is 4.79 Å². The summed E-state index contributed by atoms with van der Waals surface area (Å²) in [7, 11) is 0. The second kappa shape index (κ2) is 8.49. The normalized spacial score (nSPS) is 10.4. The van der Waals surface area contributed by atoms with Gasteiger partial charge in [0.1, 0.15) is 0 Å². The van der Waals surface area contributed by atoms with Gasteiger partial charge in [-0.15, -0.1) is 0 Å². The summed E-state index contributed by atoms with van der Waals surface area (Å²) in [4.78, 5) is 12.0. The summed E-state index contributed by atoms with van der Waals surface area (Å²) in [5.41, 5.74) is 9.79. The lowest BCUT2D eigenvalue weighted by molar-refractivity contribution is -0.116. The molecule has 0 saturated carbocycles. The molecule has 0 aliphatic carbocycles. The standard InChI is InChI=1S/C18H22N2OS/c1-22-13-12-14-6-9-16(10-7-14)20-18(21)11-8-15-4-2-3-5-17(15)19/h2-7,9-10H,8,11-13,19H2,1H3,(H,20,21). The van der Waals surface area contributed by atoms with E-state index in [0.29, 0.717) is 12.8 Å². The molecule has 22 heavy (non-hydrogen) atoms. The minimum absolute atomic E-state index is 0.0140. The van der Waals surface area contributed by atoms with Crippen molar-refractivity contribution in [1.82, 2.24) is 0 Å². The number of rotatable bonds is 7. The van der Waals surface area contributed by atoms with Crippen LogP contribution in [0.2, 0.25) is 0 Å². The molecule has 2 aromatic carbocycles. The van der Waals surface area contributed by atoms with Crippen LogP contribution in [0.3, 0.4) is 0 Å². The fraction of sp³-hybridized carbons (Fsp3) is 0.278. The van der Waals surface area contributed by atoms with Crippen molar-refractivity contribution in [2.45, 2.75) is 19.3 Å². The summed E-state index contributed by atoms with van der Waals surface area (Å²) in [5, 5.41) is 2.93. The molecule has 0 radical (unpaired) electrons. The number of nitrogens with two attached hydrogens (primary N) is 1. The number of amides is 1. The molecule has 0 unspecified atom stereocenters. The first kappa shape index (κ1) is 16.4. The minimum atomic E-state index is 0.0140. The first-order valence-electron chi connectivity index (χ1n) is 7.40. The second-order valence-corrected chi connectivity index (χ2v) is 6.17. The summed E-state index contributed by atoms with van der Waals surface area (Å²) >= 11 is 1.84. The van der Waals surface area contributed by atoms with Crippen LogP contribution in [0.1, 0.15) is 17.5 Å². The average molecular weight is 314 g/mol. The molecule has 0 aromatic heterocycles. The van der Waals surface area contributed by atoms with E-state index in [1.807, 2.05) is 48.2 Å². The van der Waals surface area contributed by atoms with Gasteiger partial charge >= 0.3 is 0 Å². The van der Waals surface area contributed by atoms with Crippen LogP contribution < -0.4 is 11.1 Å². The molecule has 0 aliphatic rings. The highest BCUT2D eigenvalue weighted by molar-refractivity contribution is 7.98. The number of para-hydroxylation sites is 1. The zero-order valence-corrected chi connectivity index (χ0v) is 13.7. The van der Waals surface area contributed by atoms with Crippen LogP contribution in [-0.4, -0.2) is 17.9 Å². The molecule has 0 atom stereocenters. The third kappa shape index (κ3) is 5.11. The van der Waals surface area contributed by atoms with Crippen molar-refractivity contribution in [3.8, 4) is 0 Å². The lowest BCUT2D eigenvalue weighted by atomic mass is 10.1. The number of aryl methyl sites for hydroxylation is 2. The molecule has 0 spiro atoms. The van der Waals surface area contributed by atoms with Crippen LogP contribution in [-0.2, 0) is 17.6 Å². The van der Waals surface area contributed by atoms with Crippen molar-refractivity contribution >= 4 is 29.0 Å². The molecule has 0 bridgehead atoms. The highest BCUT2D eigenvalue weighted by Crippen LogP contribution is 2.15. The molecule has 2 rings (SSSR count). The van der Waals surface area contributed by atoms with Gasteiger partial charge < -0.3 is 11.1 Å². The van der Waals surface area contributed by atoms with Gasteiger partial charge in [-0.05, 0) is 54.2 Å². The van der Waals surface area contributed by atoms with Gasteiger partial charge in [-0.25, -0.2) is 0 Å². The van der Waals surface area contributed by atoms with Gasteiger partial charge in [-0.3, -0.25) is 4.79 Å². The molecular formula is C18H22N2OS. The Morgan fingerprint density at radius 3 is 2.50 bits per heavy atom. The fourth-order valence-electron chi connectivity index (χ4n) is 2.21.